The molecule has 0 saturated heterocycles. The van der Waals surface area contributed by atoms with Crippen LogP contribution in [0.25, 0.3) is 0 Å². The lowest BCUT2D eigenvalue weighted by molar-refractivity contribution is -0.117. The van der Waals surface area contributed by atoms with E-state index < -0.39 is 10.0 Å². The summed E-state index contributed by atoms with van der Waals surface area (Å²) >= 11 is 5.89. The van der Waals surface area contributed by atoms with Crippen LogP contribution in [-0.4, -0.2) is 38.3 Å². The summed E-state index contributed by atoms with van der Waals surface area (Å²) in [6.45, 7) is 1.28. The van der Waals surface area contributed by atoms with Gasteiger partial charge in [-0.2, -0.15) is 4.31 Å². The molecule has 0 radical (unpaired) electrons. The predicted molar refractivity (Wildman–Crippen MR) is 123 cm³/mol. The van der Waals surface area contributed by atoms with E-state index >= 15 is 0 Å². The zero-order valence-corrected chi connectivity index (χ0v) is 19.3. The highest BCUT2D eigenvalue weighted by Gasteiger charge is 2.31. The fourth-order valence-electron chi connectivity index (χ4n) is 4.09. The molecule has 168 valence electrons. The monoisotopic (exact) mass is 463 g/mol. The third-order valence-electron chi connectivity index (χ3n) is 6.03. The first-order valence-corrected chi connectivity index (χ1v) is 12.4. The van der Waals surface area contributed by atoms with Crippen LogP contribution in [0.15, 0.2) is 53.4 Å². The molecule has 0 unspecified atom stereocenters. The summed E-state index contributed by atoms with van der Waals surface area (Å²) in [5, 5.41) is 3.73. The SMILES string of the molecule is CN(C1CCC(c2ccc(CNCCC(N)=O)cc2)CC1)S(=O)(=O)c1ccc(Cl)cc1. The van der Waals surface area contributed by atoms with E-state index in [1.807, 2.05) is 0 Å². The Morgan fingerprint density at radius 3 is 2.26 bits per heavy atom. The highest BCUT2D eigenvalue weighted by molar-refractivity contribution is 7.89. The Labute approximate surface area is 189 Å². The van der Waals surface area contributed by atoms with Crippen molar-refractivity contribution < 1.29 is 13.2 Å². The van der Waals surface area contributed by atoms with Gasteiger partial charge in [0, 0.05) is 37.6 Å². The molecule has 1 aliphatic carbocycles. The number of primary amides is 1. The summed E-state index contributed by atoms with van der Waals surface area (Å²) in [6, 6.07) is 14.9. The molecule has 0 bridgehead atoms. The number of benzene rings is 2. The van der Waals surface area contributed by atoms with Crippen LogP contribution < -0.4 is 11.1 Å². The molecule has 2 aromatic carbocycles. The van der Waals surface area contributed by atoms with Crippen LogP contribution in [0.5, 0.6) is 0 Å². The molecule has 0 spiro atoms. The van der Waals surface area contributed by atoms with Crippen LogP contribution in [0.2, 0.25) is 5.02 Å². The molecule has 6 nitrogen and oxygen atoms in total. The van der Waals surface area contributed by atoms with E-state index in [1.54, 1.807) is 31.3 Å². The number of carbonyl (C=O) groups excluding carboxylic acids is 1. The van der Waals surface area contributed by atoms with E-state index in [0.29, 0.717) is 30.5 Å². The van der Waals surface area contributed by atoms with Crippen LogP contribution >= 0.6 is 11.6 Å². The molecular formula is C23H30ClN3O3S. The minimum Gasteiger partial charge on any atom is -0.370 e. The summed E-state index contributed by atoms with van der Waals surface area (Å²) in [5.74, 6) is 0.143. The number of amides is 1. The van der Waals surface area contributed by atoms with Crippen molar-refractivity contribution in [3.63, 3.8) is 0 Å². The average Bonchev–Trinajstić information content (AvgIpc) is 2.77. The van der Waals surface area contributed by atoms with Crippen molar-refractivity contribution in [3.8, 4) is 0 Å². The number of nitrogens with two attached hydrogens (primary N) is 1. The van der Waals surface area contributed by atoms with Crippen LogP contribution in [0.1, 0.15) is 49.1 Å². The molecule has 0 aromatic heterocycles. The summed E-state index contributed by atoms with van der Waals surface area (Å²) in [5.41, 5.74) is 7.60. The largest absolute Gasteiger partial charge is 0.370 e. The lowest BCUT2D eigenvalue weighted by atomic mass is 9.81. The predicted octanol–water partition coefficient (Wildman–Crippen LogP) is 3.65. The van der Waals surface area contributed by atoms with E-state index in [4.69, 9.17) is 17.3 Å². The molecule has 0 atom stereocenters. The Kier molecular flexibility index (Phi) is 8.11. The molecule has 31 heavy (non-hydrogen) atoms. The van der Waals surface area contributed by atoms with Crippen LogP contribution in [-0.2, 0) is 21.4 Å². The number of halogens is 1. The van der Waals surface area contributed by atoms with Gasteiger partial charge >= 0.3 is 0 Å². The van der Waals surface area contributed by atoms with Gasteiger partial charge in [0.25, 0.3) is 0 Å². The maximum absolute atomic E-state index is 12.9. The van der Waals surface area contributed by atoms with Gasteiger partial charge in [-0.1, -0.05) is 35.9 Å². The molecule has 3 rings (SSSR count). The number of hydrogen-bond acceptors (Lipinski definition) is 4. The minimum absolute atomic E-state index is 0.00524. The third-order valence-corrected chi connectivity index (χ3v) is 8.21. The molecule has 1 amide bonds. The normalized spacial score (nSPS) is 19.5. The first kappa shape index (κ1) is 23.7. The van der Waals surface area contributed by atoms with E-state index in [9.17, 15) is 13.2 Å². The zero-order valence-electron chi connectivity index (χ0n) is 17.8. The summed E-state index contributed by atoms with van der Waals surface area (Å²) in [4.78, 5) is 11.1. The third kappa shape index (κ3) is 6.29. The van der Waals surface area contributed by atoms with Crippen molar-refractivity contribution in [1.29, 1.82) is 0 Å². The van der Waals surface area contributed by atoms with Crippen molar-refractivity contribution in [3.05, 3.63) is 64.7 Å². The van der Waals surface area contributed by atoms with Gasteiger partial charge in [-0.25, -0.2) is 8.42 Å². The lowest BCUT2D eigenvalue weighted by Gasteiger charge is -2.34. The number of carbonyl (C=O) groups is 1. The minimum atomic E-state index is -3.52. The average molecular weight is 464 g/mol. The summed E-state index contributed by atoms with van der Waals surface area (Å²) in [6.07, 6.45) is 3.93. The zero-order chi connectivity index (χ0) is 22.4. The Hall–Kier alpha value is -1.93. The van der Waals surface area contributed by atoms with Gasteiger partial charge in [0.2, 0.25) is 15.9 Å². The number of hydrogen-bond donors (Lipinski definition) is 2. The Balaban J connectivity index is 1.53. The highest BCUT2D eigenvalue weighted by atomic mass is 35.5. The topological polar surface area (TPSA) is 92.5 Å². The fourth-order valence-corrected chi connectivity index (χ4v) is 5.64. The summed E-state index contributed by atoms with van der Waals surface area (Å²) in [7, 11) is -1.85. The lowest BCUT2D eigenvalue weighted by Crippen LogP contribution is -2.39. The molecule has 0 aliphatic heterocycles. The van der Waals surface area contributed by atoms with Crippen molar-refractivity contribution >= 4 is 27.5 Å². The van der Waals surface area contributed by atoms with Crippen molar-refractivity contribution in [2.45, 2.75) is 55.5 Å². The standard InChI is InChI=1S/C23H30ClN3O3S/c1-27(31(29,30)22-12-8-20(24)9-13-22)21-10-6-19(7-11-21)18-4-2-17(3-5-18)16-26-15-14-23(25)28/h2-5,8-9,12-13,19,21,26H,6-7,10-11,14-16H2,1H3,(H2,25,28). The number of rotatable bonds is 9. The van der Waals surface area contributed by atoms with Gasteiger partial charge < -0.3 is 11.1 Å². The second kappa shape index (κ2) is 10.6. The van der Waals surface area contributed by atoms with Crippen LogP contribution in [0, 0.1) is 0 Å². The number of sulfonamides is 1. The molecule has 1 fully saturated rings. The second-order valence-electron chi connectivity index (χ2n) is 8.12. The number of nitrogens with zero attached hydrogens (tertiary/aromatic N) is 1. The molecule has 1 saturated carbocycles. The Morgan fingerprint density at radius 1 is 1.06 bits per heavy atom. The van der Waals surface area contributed by atoms with E-state index in [0.717, 1.165) is 31.2 Å². The van der Waals surface area contributed by atoms with Crippen LogP contribution in [0.4, 0.5) is 0 Å². The molecule has 3 N–H and O–H groups in total. The molecule has 2 aromatic rings. The van der Waals surface area contributed by atoms with Gasteiger partial charge in [0.1, 0.15) is 0 Å². The van der Waals surface area contributed by atoms with Gasteiger partial charge in [-0.3, -0.25) is 4.79 Å². The maximum atomic E-state index is 12.9. The first-order valence-electron chi connectivity index (χ1n) is 10.6. The van der Waals surface area contributed by atoms with Gasteiger partial charge in [0.05, 0.1) is 4.90 Å². The first-order chi connectivity index (χ1) is 14.8. The molecule has 1 aliphatic rings. The maximum Gasteiger partial charge on any atom is 0.243 e. The second-order valence-corrected chi connectivity index (χ2v) is 10.5. The van der Waals surface area contributed by atoms with Crippen molar-refractivity contribution in [1.82, 2.24) is 9.62 Å². The smallest absolute Gasteiger partial charge is 0.243 e. The van der Waals surface area contributed by atoms with Gasteiger partial charge in [-0.15, -0.1) is 0 Å². The molecule has 8 heteroatoms. The van der Waals surface area contributed by atoms with Crippen molar-refractivity contribution in [2.24, 2.45) is 5.73 Å². The van der Waals surface area contributed by atoms with Crippen molar-refractivity contribution in [2.75, 3.05) is 13.6 Å². The summed E-state index contributed by atoms with van der Waals surface area (Å²) < 4.78 is 27.4. The van der Waals surface area contributed by atoms with E-state index in [2.05, 4.69) is 29.6 Å². The number of nitrogens with one attached hydrogen (secondary N) is 1. The Bertz CT molecular complexity index is 970. The highest BCUT2D eigenvalue weighted by Crippen LogP contribution is 2.36. The Morgan fingerprint density at radius 2 is 1.68 bits per heavy atom. The fraction of sp³-hybridized carbons (Fsp3) is 0.435. The quantitative estimate of drug-likeness (QED) is 0.555. The van der Waals surface area contributed by atoms with Gasteiger partial charge in [-0.05, 0) is 67.0 Å². The van der Waals surface area contributed by atoms with Crippen LogP contribution in [0.3, 0.4) is 0 Å². The molecular weight excluding hydrogens is 434 g/mol. The van der Waals surface area contributed by atoms with Gasteiger partial charge in [0.15, 0.2) is 0 Å². The van der Waals surface area contributed by atoms with E-state index in [1.165, 1.54) is 9.87 Å². The van der Waals surface area contributed by atoms with E-state index in [-0.39, 0.29) is 16.8 Å². The molecule has 0 heterocycles.